The number of ether oxygens (including phenoxy) is 2. The molecule has 0 aliphatic carbocycles. The summed E-state index contributed by atoms with van der Waals surface area (Å²) in [4.78, 5) is 21.5. The average molecular weight is 390 g/mol. The first-order valence-corrected chi connectivity index (χ1v) is 9.39. The van der Waals surface area contributed by atoms with Gasteiger partial charge in [-0.1, -0.05) is 18.2 Å². The van der Waals surface area contributed by atoms with Crippen molar-refractivity contribution in [3.8, 4) is 11.5 Å². The van der Waals surface area contributed by atoms with Gasteiger partial charge in [-0.25, -0.2) is 9.97 Å². The van der Waals surface area contributed by atoms with Crippen molar-refractivity contribution in [1.29, 1.82) is 0 Å². The lowest BCUT2D eigenvalue weighted by Crippen LogP contribution is -2.17. The number of nitrogens with one attached hydrogen (secondary N) is 2. The Morgan fingerprint density at radius 1 is 0.931 bits per heavy atom. The molecule has 1 amide bonds. The van der Waals surface area contributed by atoms with Crippen LogP contribution < -0.4 is 20.1 Å². The Bertz CT molecular complexity index is 1060. The summed E-state index contributed by atoms with van der Waals surface area (Å²) in [6.45, 7) is 6.83. The molecule has 0 radical (unpaired) electrons. The maximum absolute atomic E-state index is 12.8. The molecular formula is C22H22N4O3. The van der Waals surface area contributed by atoms with Gasteiger partial charge in [0.2, 0.25) is 0 Å². The van der Waals surface area contributed by atoms with Crippen LogP contribution >= 0.6 is 0 Å². The molecular weight excluding hydrogens is 368 g/mol. The van der Waals surface area contributed by atoms with Crippen LogP contribution in [0.15, 0.2) is 42.5 Å². The van der Waals surface area contributed by atoms with Gasteiger partial charge in [0.15, 0.2) is 11.5 Å². The Hall–Kier alpha value is -3.61. The van der Waals surface area contributed by atoms with Gasteiger partial charge in [0.25, 0.3) is 5.91 Å². The van der Waals surface area contributed by atoms with Crippen molar-refractivity contribution in [1.82, 2.24) is 9.97 Å². The van der Waals surface area contributed by atoms with Gasteiger partial charge in [0, 0.05) is 23.5 Å². The zero-order chi connectivity index (χ0) is 20.4. The molecule has 0 unspecified atom stereocenters. The monoisotopic (exact) mass is 390 g/mol. The zero-order valence-electron chi connectivity index (χ0n) is 16.6. The number of nitrogens with zero attached hydrogens (tertiary/aromatic N) is 2. The summed E-state index contributed by atoms with van der Waals surface area (Å²) in [5, 5.41) is 6.17. The molecule has 1 aromatic heterocycles. The molecule has 7 nitrogen and oxygen atoms in total. The van der Waals surface area contributed by atoms with E-state index in [4.69, 9.17) is 9.47 Å². The predicted molar refractivity (Wildman–Crippen MR) is 111 cm³/mol. The Kier molecular flexibility index (Phi) is 5.03. The van der Waals surface area contributed by atoms with E-state index in [1.165, 1.54) is 0 Å². The third-order valence-corrected chi connectivity index (χ3v) is 4.60. The lowest BCUT2D eigenvalue weighted by atomic mass is 10.1. The fourth-order valence-corrected chi connectivity index (χ4v) is 3.20. The number of amides is 1. The molecule has 1 aliphatic heterocycles. The largest absolute Gasteiger partial charge is 0.486 e. The second-order valence-corrected chi connectivity index (χ2v) is 6.89. The summed E-state index contributed by atoms with van der Waals surface area (Å²) in [7, 11) is 0. The smallest absolute Gasteiger partial charge is 0.274 e. The quantitative estimate of drug-likeness (QED) is 0.695. The van der Waals surface area contributed by atoms with Gasteiger partial charge in [-0.3, -0.25) is 4.79 Å². The van der Waals surface area contributed by atoms with Gasteiger partial charge >= 0.3 is 0 Å². The van der Waals surface area contributed by atoms with Crippen molar-refractivity contribution in [2.45, 2.75) is 20.8 Å². The topological polar surface area (TPSA) is 85.4 Å². The highest BCUT2D eigenvalue weighted by molar-refractivity contribution is 6.03. The normalized spacial score (nSPS) is 12.4. The minimum Gasteiger partial charge on any atom is -0.486 e. The summed E-state index contributed by atoms with van der Waals surface area (Å²) < 4.78 is 11.1. The van der Waals surface area contributed by atoms with Crippen LogP contribution in [0, 0.1) is 20.8 Å². The number of aryl methyl sites for hydroxylation is 3. The van der Waals surface area contributed by atoms with Crippen LogP contribution in [0.2, 0.25) is 0 Å². The van der Waals surface area contributed by atoms with Crippen molar-refractivity contribution in [3.05, 3.63) is 65.1 Å². The average Bonchev–Trinajstić information content (AvgIpc) is 2.70. The van der Waals surface area contributed by atoms with Gasteiger partial charge in [0.1, 0.15) is 30.5 Å². The minimum atomic E-state index is -0.322. The number of para-hydroxylation sites is 1. The van der Waals surface area contributed by atoms with Crippen LogP contribution in [0.1, 0.15) is 27.4 Å². The molecule has 1 aliphatic rings. The van der Waals surface area contributed by atoms with E-state index < -0.39 is 0 Å². The van der Waals surface area contributed by atoms with Gasteiger partial charge in [-0.2, -0.15) is 0 Å². The lowest BCUT2D eigenvalue weighted by molar-refractivity contribution is 0.102. The molecule has 0 saturated heterocycles. The van der Waals surface area contributed by atoms with Gasteiger partial charge < -0.3 is 20.1 Å². The van der Waals surface area contributed by atoms with E-state index in [0.717, 1.165) is 16.8 Å². The maximum Gasteiger partial charge on any atom is 0.274 e. The number of rotatable bonds is 4. The van der Waals surface area contributed by atoms with Crippen LogP contribution in [-0.2, 0) is 0 Å². The number of aromatic nitrogens is 2. The van der Waals surface area contributed by atoms with Crippen molar-refractivity contribution in [2.24, 2.45) is 0 Å². The highest BCUT2D eigenvalue weighted by Crippen LogP contribution is 2.32. The number of carbonyl (C=O) groups excluding carboxylic acids is 1. The number of hydrogen-bond acceptors (Lipinski definition) is 6. The second kappa shape index (κ2) is 7.79. The van der Waals surface area contributed by atoms with Crippen molar-refractivity contribution >= 4 is 23.1 Å². The second-order valence-electron chi connectivity index (χ2n) is 6.89. The fourth-order valence-electron chi connectivity index (χ4n) is 3.20. The van der Waals surface area contributed by atoms with Crippen molar-refractivity contribution < 1.29 is 14.3 Å². The molecule has 0 spiro atoms. The van der Waals surface area contributed by atoms with E-state index >= 15 is 0 Å². The van der Waals surface area contributed by atoms with Crippen LogP contribution in [0.5, 0.6) is 11.5 Å². The van der Waals surface area contributed by atoms with E-state index in [9.17, 15) is 4.79 Å². The highest BCUT2D eigenvalue weighted by atomic mass is 16.6. The highest BCUT2D eigenvalue weighted by Gasteiger charge is 2.15. The molecule has 0 fully saturated rings. The lowest BCUT2D eigenvalue weighted by Gasteiger charge is -2.19. The molecule has 0 saturated carbocycles. The number of hydrogen-bond donors (Lipinski definition) is 2. The molecule has 4 rings (SSSR count). The van der Waals surface area contributed by atoms with E-state index in [2.05, 4.69) is 20.6 Å². The van der Waals surface area contributed by atoms with Crippen molar-refractivity contribution in [2.75, 3.05) is 23.8 Å². The van der Waals surface area contributed by atoms with Gasteiger partial charge in [-0.15, -0.1) is 0 Å². The van der Waals surface area contributed by atoms with Crippen LogP contribution in [0.25, 0.3) is 0 Å². The van der Waals surface area contributed by atoms with Crippen LogP contribution in [-0.4, -0.2) is 29.1 Å². The number of fused-ring (bicyclic) bond motifs is 1. The molecule has 0 bridgehead atoms. The Morgan fingerprint density at radius 3 is 2.41 bits per heavy atom. The molecule has 7 heteroatoms. The summed E-state index contributed by atoms with van der Waals surface area (Å²) >= 11 is 0. The summed E-state index contributed by atoms with van der Waals surface area (Å²) in [5.74, 6) is 2.05. The van der Waals surface area contributed by atoms with Crippen LogP contribution in [0.3, 0.4) is 0 Å². The standard InChI is InChI=1S/C22H22N4O3/c1-13-5-4-6-14(2)21(13)26-20-12-17(23-15(3)24-20)22(27)25-16-7-8-18-19(11-16)29-10-9-28-18/h4-8,11-12H,9-10H2,1-3H3,(H,25,27)(H,23,24,26). The summed E-state index contributed by atoms with van der Waals surface area (Å²) in [5.41, 5.74) is 4.07. The summed E-state index contributed by atoms with van der Waals surface area (Å²) in [6, 6.07) is 13.0. The predicted octanol–water partition coefficient (Wildman–Crippen LogP) is 4.17. The Labute approximate surface area is 169 Å². The molecule has 2 N–H and O–H groups in total. The van der Waals surface area contributed by atoms with E-state index in [0.29, 0.717) is 42.0 Å². The van der Waals surface area contributed by atoms with E-state index in [-0.39, 0.29) is 11.6 Å². The van der Waals surface area contributed by atoms with E-state index in [1.54, 1.807) is 31.2 Å². The molecule has 2 aromatic carbocycles. The summed E-state index contributed by atoms with van der Waals surface area (Å²) in [6.07, 6.45) is 0. The van der Waals surface area contributed by atoms with Crippen molar-refractivity contribution in [3.63, 3.8) is 0 Å². The Balaban J connectivity index is 1.56. The third-order valence-electron chi connectivity index (χ3n) is 4.60. The van der Waals surface area contributed by atoms with Crippen LogP contribution in [0.4, 0.5) is 17.2 Å². The minimum absolute atomic E-state index is 0.279. The zero-order valence-corrected chi connectivity index (χ0v) is 16.6. The molecule has 0 atom stereocenters. The first-order valence-electron chi connectivity index (χ1n) is 9.39. The number of anilines is 3. The van der Waals surface area contributed by atoms with E-state index in [1.807, 2.05) is 32.0 Å². The number of benzene rings is 2. The molecule has 3 aromatic rings. The molecule has 2 heterocycles. The fraction of sp³-hybridized carbons (Fsp3) is 0.227. The van der Waals surface area contributed by atoms with Gasteiger partial charge in [-0.05, 0) is 44.0 Å². The third kappa shape index (κ3) is 4.13. The molecule has 148 valence electrons. The molecule has 29 heavy (non-hydrogen) atoms. The SMILES string of the molecule is Cc1nc(Nc2c(C)cccc2C)cc(C(=O)Nc2ccc3c(c2)OCCO3)n1. The Morgan fingerprint density at radius 2 is 1.66 bits per heavy atom. The first-order chi connectivity index (χ1) is 14.0. The first kappa shape index (κ1) is 18.7. The van der Waals surface area contributed by atoms with Gasteiger partial charge in [0.05, 0.1) is 0 Å². The maximum atomic E-state index is 12.8. The number of carbonyl (C=O) groups is 1.